The van der Waals surface area contributed by atoms with E-state index in [9.17, 15) is 9.90 Å². The first-order valence-corrected chi connectivity index (χ1v) is 9.79. The van der Waals surface area contributed by atoms with Gasteiger partial charge in [-0.2, -0.15) is 0 Å². The van der Waals surface area contributed by atoms with E-state index in [2.05, 4.69) is 22.1 Å². The summed E-state index contributed by atoms with van der Waals surface area (Å²) in [7, 11) is 0. The first-order valence-electron chi connectivity index (χ1n) is 9.79. The summed E-state index contributed by atoms with van der Waals surface area (Å²) in [6.45, 7) is 0.748. The van der Waals surface area contributed by atoms with Crippen molar-refractivity contribution in [3.63, 3.8) is 0 Å². The number of ether oxygens (including phenoxy) is 1. The predicted molar refractivity (Wildman–Crippen MR) is 111 cm³/mol. The van der Waals surface area contributed by atoms with Crippen LogP contribution in [0.3, 0.4) is 0 Å². The number of fused-ring (bicyclic) bond motifs is 3. The lowest BCUT2D eigenvalue weighted by Gasteiger charge is -2.29. The van der Waals surface area contributed by atoms with Gasteiger partial charge in [-0.1, -0.05) is 36.4 Å². The lowest BCUT2D eigenvalue weighted by atomic mass is 9.98. The summed E-state index contributed by atoms with van der Waals surface area (Å²) in [6, 6.07) is 15.7. The molecule has 2 aromatic carbocycles. The molecule has 1 fully saturated rings. The summed E-state index contributed by atoms with van der Waals surface area (Å²) < 4.78 is 6.86. The highest BCUT2D eigenvalue weighted by molar-refractivity contribution is 6.04. The number of hydrogen-bond acceptors (Lipinski definition) is 5. The summed E-state index contributed by atoms with van der Waals surface area (Å²) in [5.74, 6) is 0. The number of hydrogen-bond donors (Lipinski definition) is 1. The van der Waals surface area contributed by atoms with Gasteiger partial charge in [-0.3, -0.25) is 14.3 Å². The zero-order valence-electron chi connectivity index (χ0n) is 15.9. The highest BCUT2D eigenvalue weighted by Gasteiger charge is 2.27. The molecule has 1 saturated heterocycles. The van der Waals surface area contributed by atoms with Crippen LogP contribution in [0.5, 0.6) is 0 Å². The summed E-state index contributed by atoms with van der Waals surface area (Å²) in [4.78, 5) is 22.5. The molecule has 6 nitrogen and oxygen atoms in total. The van der Waals surface area contributed by atoms with Crippen LogP contribution in [0.15, 0.2) is 65.8 Å². The van der Waals surface area contributed by atoms with Crippen molar-refractivity contribution in [2.75, 3.05) is 13.2 Å². The number of benzene rings is 2. The topological polar surface area (TPSA) is 77.2 Å². The van der Waals surface area contributed by atoms with Crippen LogP contribution >= 0.6 is 0 Å². The third-order valence-electron chi connectivity index (χ3n) is 5.61. The fourth-order valence-electron chi connectivity index (χ4n) is 4.14. The highest BCUT2D eigenvalue weighted by atomic mass is 16.5. The predicted octanol–water partition coefficient (Wildman–Crippen LogP) is 2.86. The average molecular weight is 387 g/mol. The minimum Gasteiger partial charge on any atom is -0.389 e. The van der Waals surface area contributed by atoms with Gasteiger partial charge in [0, 0.05) is 18.2 Å². The van der Waals surface area contributed by atoms with Gasteiger partial charge in [0.25, 0.3) is 5.56 Å². The van der Waals surface area contributed by atoms with Crippen LogP contribution in [0.1, 0.15) is 23.6 Å². The number of pyridine rings is 1. The Morgan fingerprint density at radius 3 is 2.72 bits per heavy atom. The van der Waals surface area contributed by atoms with E-state index in [1.807, 2.05) is 36.4 Å². The number of nitrogens with zero attached hydrogens (tertiary/aromatic N) is 3. The van der Waals surface area contributed by atoms with Gasteiger partial charge in [-0.15, -0.1) is 0 Å². The van der Waals surface area contributed by atoms with Crippen LogP contribution in [-0.4, -0.2) is 39.0 Å². The molecule has 0 spiro atoms. The zero-order valence-corrected chi connectivity index (χ0v) is 15.9. The second-order valence-electron chi connectivity index (χ2n) is 7.45. The molecule has 0 saturated carbocycles. The van der Waals surface area contributed by atoms with Crippen molar-refractivity contribution >= 4 is 21.8 Å². The van der Waals surface area contributed by atoms with E-state index < -0.39 is 6.10 Å². The molecule has 4 aromatic rings. The van der Waals surface area contributed by atoms with Crippen molar-refractivity contribution in [3.8, 4) is 0 Å². The fraction of sp³-hybridized carbons (Fsp3) is 0.261. The van der Waals surface area contributed by atoms with E-state index in [1.165, 1.54) is 11.9 Å². The Balaban J connectivity index is 1.72. The monoisotopic (exact) mass is 387 g/mol. The fourth-order valence-corrected chi connectivity index (χ4v) is 4.14. The van der Waals surface area contributed by atoms with E-state index in [0.717, 1.165) is 16.5 Å². The van der Waals surface area contributed by atoms with Gasteiger partial charge in [0.05, 0.1) is 36.0 Å². The molecule has 0 bridgehead atoms. The van der Waals surface area contributed by atoms with Crippen molar-refractivity contribution < 1.29 is 9.84 Å². The molecule has 0 radical (unpaired) electrons. The molecular weight excluding hydrogens is 366 g/mol. The van der Waals surface area contributed by atoms with Crippen molar-refractivity contribution in [1.82, 2.24) is 14.5 Å². The SMILES string of the molecule is O=c1c2cc(Cc3ccccc3)c3cccnc3c2ncn1[C@H]1CCOC[C@@H]1O. The first kappa shape index (κ1) is 18.0. The molecule has 0 unspecified atom stereocenters. The van der Waals surface area contributed by atoms with Gasteiger partial charge in [-0.25, -0.2) is 4.98 Å². The average Bonchev–Trinajstić information content (AvgIpc) is 2.76. The molecule has 1 N–H and O–H groups in total. The van der Waals surface area contributed by atoms with E-state index in [1.54, 1.807) is 10.8 Å². The quantitative estimate of drug-likeness (QED) is 0.547. The van der Waals surface area contributed by atoms with Gasteiger partial charge in [-0.05, 0) is 36.1 Å². The molecule has 2 atom stereocenters. The molecule has 146 valence electrons. The van der Waals surface area contributed by atoms with Crippen LogP contribution < -0.4 is 5.56 Å². The van der Waals surface area contributed by atoms with Gasteiger partial charge in [0.15, 0.2) is 0 Å². The van der Waals surface area contributed by atoms with Gasteiger partial charge in [0.1, 0.15) is 5.52 Å². The minimum atomic E-state index is -0.719. The largest absolute Gasteiger partial charge is 0.389 e. The lowest BCUT2D eigenvalue weighted by Crippen LogP contribution is -2.39. The van der Waals surface area contributed by atoms with E-state index in [-0.39, 0.29) is 18.2 Å². The highest BCUT2D eigenvalue weighted by Crippen LogP contribution is 2.27. The smallest absolute Gasteiger partial charge is 0.261 e. The number of aliphatic hydroxyl groups excluding tert-OH is 1. The Bertz CT molecular complexity index is 1240. The second-order valence-corrected chi connectivity index (χ2v) is 7.45. The molecule has 5 rings (SSSR count). The third kappa shape index (κ3) is 3.20. The van der Waals surface area contributed by atoms with Crippen molar-refractivity contribution in [3.05, 3.63) is 82.5 Å². The van der Waals surface area contributed by atoms with Crippen molar-refractivity contribution in [2.24, 2.45) is 0 Å². The second kappa shape index (κ2) is 7.39. The Morgan fingerprint density at radius 2 is 1.90 bits per heavy atom. The number of aromatic nitrogens is 3. The van der Waals surface area contributed by atoms with Gasteiger partial charge < -0.3 is 9.84 Å². The summed E-state index contributed by atoms with van der Waals surface area (Å²) >= 11 is 0. The lowest BCUT2D eigenvalue weighted by molar-refractivity contribution is -0.0395. The van der Waals surface area contributed by atoms with E-state index in [4.69, 9.17) is 4.74 Å². The molecule has 0 amide bonds. The van der Waals surface area contributed by atoms with Crippen LogP contribution in [0.2, 0.25) is 0 Å². The molecule has 0 aliphatic carbocycles. The van der Waals surface area contributed by atoms with Crippen molar-refractivity contribution in [1.29, 1.82) is 0 Å². The minimum absolute atomic E-state index is 0.150. The maximum atomic E-state index is 13.4. The molecule has 29 heavy (non-hydrogen) atoms. The summed E-state index contributed by atoms with van der Waals surface area (Å²) in [5, 5.41) is 11.8. The number of aliphatic hydroxyl groups is 1. The maximum Gasteiger partial charge on any atom is 0.261 e. The Labute approximate surface area is 167 Å². The van der Waals surface area contributed by atoms with Crippen LogP contribution in [0.4, 0.5) is 0 Å². The van der Waals surface area contributed by atoms with E-state index in [0.29, 0.717) is 30.4 Å². The molecule has 1 aliphatic heterocycles. The standard InChI is InChI=1S/C23H21N3O3/c27-20-13-29-10-8-19(20)26-14-25-22-18(23(26)28)12-16(11-15-5-2-1-3-6-15)17-7-4-9-24-21(17)22/h1-7,9,12,14,19-20,27H,8,10-11,13H2/t19-,20-/m0/s1. The normalized spacial score (nSPS) is 19.6. The van der Waals surface area contributed by atoms with E-state index >= 15 is 0 Å². The number of rotatable bonds is 3. The van der Waals surface area contributed by atoms with Crippen molar-refractivity contribution in [2.45, 2.75) is 25.0 Å². The van der Waals surface area contributed by atoms with Crippen LogP contribution in [-0.2, 0) is 11.2 Å². The summed E-state index contributed by atoms with van der Waals surface area (Å²) in [6.07, 6.45) is 3.82. The van der Waals surface area contributed by atoms with Gasteiger partial charge in [0.2, 0.25) is 0 Å². The first-order chi connectivity index (χ1) is 14.2. The molecule has 6 heteroatoms. The summed E-state index contributed by atoms with van der Waals surface area (Å²) in [5.41, 5.74) is 3.38. The maximum absolute atomic E-state index is 13.4. The molecule has 2 aromatic heterocycles. The molecule has 3 heterocycles. The Hall–Kier alpha value is -3.09. The van der Waals surface area contributed by atoms with Gasteiger partial charge >= 0.3 is 0 Å². The molecule has 1 aliphatic rings. The van der Waals surface area contributed by atoms with Crippen LogP contribution in [0.25, 0.3) is 21.8 Å². The Morgan fingerprint density at radius 1 is 1.07 bits per heavy atom. The Kier molecular flexibility index (Phi) is 4.58. The molecular formula is C23H21N3O3. The van der Waals surface area contributed by atoms with Crippen LogP contribution in [0, 0.1) is 0 Å². The zero-order chi connectivity index (χ0) is 19.8. The third-order valence-corrected chi connectivity index (χ3v) is 5.61.